The van der Waals surface area contributed by atoms with E-state index in [1.165, 1.54) is 37.4 Å². The minimum absolute atomic E-state index is 0.225. The largest absolute Gasteiger partial charge is 0.367 e. The lowest BCUT2D eigenvalue weighted by Gasteiger charge is -2.34. The van der Waals surface area contributed by atoms with Gasteiger partial charge in [0.1, 0.15) is 10.7 Å². The molecule has 118 valence electrons. The molecule has 6 heteroatoms. The van der Waals surface area contributed by atoms with Gasteiger partial charge in [-0.3, -0.25) is 0 Å². The number of sulfonamides is 1. The molecule has 0 radical (unpaired) electrons. The fourth-order valence-corrected chi connectivity index (χ4v) is 3.43. The molecule has 1 aromatic rings. The molecule has 0 spiro atoms. The molecule has 2 rings (SSSR count). The summed E-state index contributed by atoms with van der Waals surface area (Å²) in [5.74, 6) is 0.748. The smallest absolute Gasteiger partial charge is 0.244 e. The van der Waals surface area contributed by atoms with Crippen LogP contribution in [0.1, 0.15) is 39.5 Å². The number of hydrogen-bond donors (Lipinski definition) is 1. The van der Waals surface area contributed by atoms with Gasteiger partial charge in [0.05, 0.1) is 0 Å². The highest BCUT2D eigenvalue weighted by Gasteiger charge is 2.26. The maximum Gasteiger partial charge on any atom is 0.244 e. The molecule has 21 heavy (non-hydrogen) atoms. The third-order valence-electron chi connectivity index (χ3n) is 4.21. The van der Waals surface area contributed by atoms with E-state index in [4.69, 9.17) is 0 Å². The van der Waals surface area contributed by atoms with Gasteiger partial charge in [-0.15, -0.1) is 0 Å². The van der Waals surface area contributed by atoms with Crippen LogP contribution in [0.2, 0.25) is 0 Å². The molecular formula is C15H25N3O2S. The Bertz CT molecular complexity index is 569. The van der Waals surface area contributed by atoms with Crippen molar-refractivity contribution in [1.29, 1.82) is 0 Å². The number of rotatable bonds is 4. The Balaban J connectivity index is 2.01. The van der Waals surface area contributed by atoms with Crippen LogP contribution in [0.25, 0.3) is 0 Å². The zero-order valence-corrected chi connectivity index (χ0v) is 14.1. The zero-order chi connectivity index (χ0) is 15.7. The lowest BCUT2D eigenvalue weighted by atomic mass is 9.75. The summed E-state index contributed by atoms with van der Waals surface area (Å²) >= 11 is 0. The summed E-state index contributed by atoms with van der Waals surface area (Å²) in [5.41, 5.74) is 0.440. The fourth-order valence-electron chi connectivity index (χ4n) is 2.58. The minimum Gasteiger partial charge on any atom is -0.367 e. The van der Waals surface area contributed by atoms with Gasteiger partial charge in [-0.25, -0.2) is 17.7 Å². The summed E-state index contributed by atoms with van der Waals surface area (Å²) in [6.07, 6.45) is 6.10. The van der Waals surface area contributed by atoms with Crippen LogP contribution in [-0.4, -0.2) is 37.8 Å². The molecule has 0 saturated heterocycles. The molecule has 0 aromatic carbocycles. The summed E-state index contributed by atoms with van der Waals surface area (Å²) in [7, 11) is -0.361. The standard InChI is InChI=1S/C15H25N3O2S/c1-15(2)9-7-12(8-10-15)17-14-6-5-13(11-16-14)21(19,20)18(3)4/h5-6,11-12H,7-10H2,1-4H3,(H,16,17). The zero-order valence-electron chi connectivity index (χ0n) is 13.3. The third kappa shape index (κ3) is 3.95. The average Bonchev–Trinajstić information content (AvgIpc) is 2.42. The van der Waals surface area contributed by atoms with E-state index in [2.05, 4.69) is 24.1 Å². The summed E-state index contributed by atoms with van der Waals surface area (Å²) in [6, 6.07) is 3.79. The maximum absolute atomic E-state index is 12.0. The quantitative estimate of drug-likeness (QED) is 0.928. The monoisotopic (exact) mass is 311 g/mol. The van der Waals surface area contributed by atoms with Crippen molar-refractivity contribution in [3.8, 4) is 0 Å². The predicted molar refractivity (Wildman–Crippen MR) is 84.8 cm³/mol. The van der Waals surface area contributed by atoms with Crippen LogP contribution in [0.3, 0.4) is 0 Å². The normalized spacial score (nSPS) is 19.7. The average molecular weight is 311 g/mol. The van der Waals surface area contributed by atoms with Crippen LogP contribution in [0.5, 0.6) is 0 Å². The van der Waals surface area contributed by atoms with Crippen molar-refractivity contribution in [3.63, 3.8) is 0 Å². The summed E-state index contributed by atoms with van der Waals surface area (Å²) in [5, 5.41) is 3.41. The number of pyridine rings is 1. The van der Waals surface area contributed by atoms with E-state index in [1.54, 1.807) is 12.1 Å². The van der Waals surface area contributed by atoms with Crippen LogP contribution in [0, 0.1) is 5.41 Å². The molecule has 1 aliphatic rings. The van der Waals surface area contributed by atoms with Crippen molar-refractivity contribution >= 4 is 15.8 Å². The first-order valence-electron chi connectivity index (χ1n) is 7.36. The number of hydrogen-bond acceptors (Lipinski definition) is 4. The van der Waals surface area contributed by atoms with Crippen molar-refractivity contribution in [2.24, 2.45) is 5.41 Å². The second kappa shape index (κ2) is 5.93. The topological polar surface area (TPSA) is 62.3 Å². The van der Waals surface area contributed by atoms with E-state index >= 15 is 0 Å². The Labute approximate surface area is 127 Å². The van der Waals surface area contributed by atoms with Gasteiger partial charge in [0.15, 0.2) is 0 Å². The maximum atomic E-state index is 12.0. The molecule has 1 fully saturated rings. The lowest BCUT2D eigenvalue weighted by Crippen LogP contribution is -2.30. The van der Waals surface area contributed by atoms with E-state index in [0.29, 0.717) is 11.5 Å². The van der Waals surface area contributed by atoms with Gasteiger partial charge in [0.2, 0.25) is 10.0 Å². The molecule has 0 aliphatic heterocycles. The Hall–Kier alpha value is -1.14. The molecule has 1 N–H and O–H groups in total. The van der Waals surface area contributed by atoms with Gasteiger partial charge in [-0.05, 0) is 43.2 Å². The SMILES string of the molecule is CN(C)S(=O)(=O)c1ccc(NC2CCC(C)(C)CC2)nc1. The van der Waals surface area contributed by atoms with Crippen molar-refractivity contribution in [1.82, 2.24) is 9.29 Å². The molecule has 1 aliphatic carbocycles. The first-order valence-corrected chi connectivity index (χ1v) is 8.80. The van der Waals surface area contributed by atoms with Gasteiger partial charge in [-0.1, -0.05) is 13.8 Å². The second-order valence-corrected chi connectivity index (χ2v) is 8.90. The summed E-state index contributed by atoms with van der Waals surface area (Å²) in [6.45, 7) is 4.62. The highest BCUT2D eigenvalue weighted by molar-refractivity contribution is 7.89. The van der Waals surface area contributed by atoms with Crippen molar-refractivity contribution < 1.29 is 8.42 Å². The highest BCUT2D eigenvalue weighted by atomic mass is 32.2. The molecule has 0 amide bonds. The molecule has 0 bridgehead atoms. The van der Waals surface area contributed by atoms with Gasteiger partial charge < -0.3 is 5.32 Å². The van der Waals surface area contributed by atoms with Crippen molar-refractivity contribution in [2.45, 2.75) is 50.5 Å². The van der Waals surface area contributed by atoms with Gasteiger partial charge in [0.25, 0.3) is 0 Å². The van der Waals surface area contributed by atoms with E-state index in [1.807, 2.05) is 0 Å². The number of anilines is 1. The Morgan fingerprint density at radius 1 is 1.24 bits per heavy atom. The van der Waals surface area contributed by atoms with Crippen LogP contribution in [-0.2, 0) is 10.0 Å². The predicted octanol–water partition coefficient (Wildman–Crippen LogP) is 2.71. The molecule has 1 heterocycles. The first kappa shape index (κ1) is 16.2. The molecular weight excluding hydrogens is 286 g/mol. The minimum atomic E-state index is -3.40. The van der Waals surface area contributed by atoms with E-state index in [0.717, 1.165) is 18.7 Å². The second-order valence-electron chi connectivity index (χ2n) is 6.75. The van der Waals surface area contributed by atoms with E-state index in [9.17, 15) is 8.42 Å². The van der Waals surface area contributed by atoms with Gasteiger partial charge in [0, 0.05) is 26.3 Å². The van der Waals surface area contributed by atoms with Crippen molar-refractivity contribution in [2.75, 3.05) is 19.4 Å². The fraction of sp³-hybridized carbons (Fsp3) is 0.667. The van der Waals surface area contributed by atoms with Gasteiger partial charge in [-0.2, -0.15) is 0 Å². The van der Waals surface area contributed by atoms with Crippen LogP contribution in [0.15, 0.2) is 23.2 Å². The van der Waals surface area contributed by atoms with Crippen molar-refractivity contribution in [3.05, 3.63) is 18.3 Å². The molecule has 1 saturated carbocycles. The highest BCUT2D eigenvalue weighted by Crippen LogP contribution is 2.35. The summed E-state index contributed by atoms with van der Waals surface area (Å²) in [4.78, 5) is 4.47. The molecule has 0 atom stereocenters. The van der Waals surface area contributed by atoms with Crippen LogP contribution >= 0.6 is 0 Å². The molecule has 5 nitrogen and oxygen atoms in total. The Kier molecular flexibility index (Phi) is 4.58. The van der Waals surface area contributed by atoms with E-state index < -0.39 is 10.0 Å². The number of aromatic nitrogens is 1. The Morgan fingerprint density at radius 2 is 1.86 bits per heavy atom. The van der Waals surface area contributed by atoms with Gasteiger partial charge >= 0.3 is 0 Å². The first-order chi connectivity index (χ1) is 9.71. The van der Waals surface area contributed by atoms with Crippen LogP contribution < -0.4 is 5.32 Å². The number of nitrogens with zero attached hydrogens (tertiary/aromatic N) is 2. The third-order valence-corrected chi connectivity index (χ3v) is 6.00. The van der Waals surface area contributed by atoms with E-state index in [-0.39, 0.29) is 4.90 Å². The van der Waals surface area contributed by atoms with Crippen LogP contribution in [0.4, 0.5) is 5.82 Å². The Morgan fingerprint density at radius 3 is 2.33 bits per heavy atom. The molecule has 0 unspecified atom stereocenters. The molecule has 1 aromatic heterocycles. The number of nitrogens with one attached hydrogen (secondary N) is 1. The lowest BCUT2D eigenvalue weighted by molar-refractivity contribution is 0.232. The summed E-state index contributed by atoms with van der Waals surface area (Å²) < 4.78 is 25.1.